The first-order valence-electron chi connectivity index (χ1n) is 6.35. The number of carbonyl (C=O) groups is 1. The molecule has 1 aliphatic heterocycles. The summed E-state index contributed by atoms with van der Waals surface area (Å²) in [6.45, 7) is 2.97. The smallest absolute Gasteiger partial charge is 0.239 e. The summed E-state index contributed by atoms with van der Waals surface area (Å²) >= 11 is 5.98. The molecule has 98 valence electrons. The van der Waals surface area contributed by atoms with Crippen molar-refractivity contribution in [1.82, 2.24) is 10.2 Å². The van der Waals surface area contributed by atoms with Crippen LogP contribution in [0.3, 0.4) is 0 Å². The standard InChI is InChI=1S/C14H19ClN2O/c1-10(11-5-3-6-12(15)9-11)17(2)14(18)13-7-4-8-16-13/h3,5-6,9-10,13,16H,4,7-8H2,1-2H3. The van der Waals surface area contributed by atoms with Crippen molar-refractivity contribution in [3.8, 4) is 0 Å². The van der Waals surface area contributed by atoms with Gasteiger partial charge in [0.15, 0.2) is 0 Å². The second kappa shape index (κ2) is 5.72. The topological polar surface area (TPSA) is 32.3 Å². The minimum atomic E-state index is -0.0170. The Morgan fingerprint density at radius 2 is 2.33 bits per heavy atom. The number of likely N-dealkylation sites (N-methyl/N-ethyl adjacent to an activating group) is 1. The monoisotopic (exact) mass is 266 g/mol. The van der Waals surface area contributed by atoms with Crippen LogP contribution in [0.1, 0.15) is 31.4 Å². The van der Waals surface area contributed by atoms with Crippen molar-refractivity contribution in [2.45, 2.75) is 31.8 Å². The van der Waals surface area contributed by atoms with E-state index in [0.29, 0.717) is 5.02 Å². The molecule has 2 atom stereocenters. The Balaban J connectivity index is 2.08. The summed E-state index contributed by atoms with van der Waals surface area (Å²) in [6, 6.07) is 7.70. The lowest BCUT2D eigenvalue weighted by Crippen LogP contribution is -2.42. The number of carbonyl (C=O) groups excluding carboxylic acids is 1. The Hall–Kier alpha value is -1.06. The maximum atomic E-state index is 12.3. The Morgan fingerprint density at radius 3 is 2.94 bits per heavy atom. The summed E-state index contributed by atoms with van der Waals surface area (Å²) in [6.07, 6.45) is 2.02. The van der Waals surface area contributed by atoms with Crippen molar-refractivity contribution in [2.75, 3.05) is 13.6 Å². The Kier molecular flexibility index (Phi) is 4.25. The summed E-state index contributed by atoms with van der Waals surface area (Å²) < 4.78 is 0. The van der Waals surface area contributed by atoms with Crippen molar-refractivity contribution in [3.05, 3.63) is 34.9 Å². The molecule has 1 amide bonds. The fourth-order valence-corrected chi connectivity index (χ4v) is 2.52. The summed E-state index contributed by atoms with van der Waals surface area (Å²) in [5.74, 6) is 0.167. The van der Waals surface area contributed by atoms with Gasteiger partial charge in [0.05, 0.1) is 12.1 Å². The molecule has 18 heavy (non-hydrogen) atoms. The number of hydrogen-bond donors (Lipinski definition) is 1. The zero-order valence-corrected chi connectivity index (χ0v) is 11.6. The SMILES string of the molecule is CC(c1cccc(Cl)c1)N(C)C(=O)C1CCCN1. The number of nitrogens with zero attached hydrogens (tertiary/aromatic N) is 1. The first kappa shape index (κ1) is 13.4. The molecule has 0 spiro atoms. The number of amides is 1. The zero-order valence-electron chi connectivity index (χ0n) is 10.8. The largest absolute Gasteiger partial charge is 0.338 e. The van der Waals surface area contributed by atoms with Gasteiger partial charge in [-0.3, -0.25) is 4.79 Å². The third-order valence-corrected chi connectivity index (χ3v) is 3.85. The van der Waals surface area contributed by atoms with Crippen LogP contribution in [-0.4, -0.2) is 30.4 Å². The number of nitrogens with one attached hydrogen (secondary N) is 1. The first-order chi connectivity index (χ1) is 8.59. The van der Waals surface area contributed by atoms with E-state index in [2.05, 4.69) is 5.32 Å². The molecule has 1 aromatic carbocycles. The van der Waals surface area contributed by atoms with E-state index in [1.165, 1.54) is 0 Å². The highest BCUT2D eigenvalue weighted by molar-refractivity contribution is 6.30. The van der Waals surface area contributed by atoms with Crippen molar-refractivity contribution in [3.63, 3.8) is 0 Å². The number of halogens is 1. The predicted molar refractivity (Wildman–Crippen MR) is 73.7 cm³/mol. The molecule has 1 aliphatic rings. The molecule has 0 bridgehead atoms. The molecule has 1 fully saturated rings. The molecule has 0 radical (unpaired) electrons. The minimum Gasteiger partial charge on any atom is -0.338 e. The third-order valence-electron chi connectivity index (χ3n) is 3.62. The van der Waals surface area contributed by atoms with Gasteiger partial charge in [-0.1, -0.05) is 23.7 Å². The molecule has 1 saturated heterocycles. The molecular formula is C14H19ClN2O. The van der Waals surface area contributed by atoms with Gasteiger partial charge < -0.3 is 10.2 Å². The predicted octanol–water partition coefficient (Wildman–Crippen LogP) is 2.61. The second-order valence-corrected chi connectivity index (χ2v) is 5.27. The maximum absolute atomic E-state index is 12.3. The van der Waals surface area contributed by atoms with E-state index >= 15 is 0 Å². The maximum Gasteiger partial charge on any atom is 0.239 e. The third kappa shape index (κ3) is 2.85. The van der Waals surface area contributed by atoms with Gasteiger partial charge in [-0.2, -0.15) is 0 Å². The Labute approximate surface area is 113 Å². The van der Waals surface area contributed by atoms with Gasteiger partial charge in [0.25, 0.3) is 0 Å². The fourth-order valence-electron chi connectivity index (χ4n) is 2.32. The molecular weight excluding hydrogens is 248 g/mol. The van der Waals surface area contributed by atoms with Crippen molar-refractivity contribution in [1.29, 1.82) is 0 Å². The molecule has 0 aromatic heterocycles. The van der Waals surface area contributed by atoms with E-state index in [4.69, 9.17) is 11.6 Å². The van der Waals surface area contributed by atoms with E-state index in [1.54, 1.807) is 4.90 Å². The van der Waals surface area contributed by atoms with Crippen LogP contribution < -0.4 is 5.32 Å². The van der Waals surface area contributed by atoms with E-state index in [0.717, 1.165) is 24.9 Å². The van der Waals surface area contributed by atoms with Crippen LogP contribution in [0.4, 0.5) is 0 Å². The fraction of sp³-hybridized carbons (Fsp3) is 0.500. The first-order valence-corrected chi connectivity index (χ1v) is 6.73. The Bertz CT molecular complexity index is 430. The van der Waals surface area contributed by atoms with E-state index in [9.17, 15) is 4.79 Å². The van der Waals surface area contributed by atoms with E-state index in [1.807, 2.05) is 38.2 Å². The minimum absolute atomic E-state index is 0.0170. The molecule has 0 saturated carbocycles. The molecule has 0 aliphatic carbocycles. The average Bonchev–Trinajstić information content (AvgIpc) is 2.90. The van der Waals surface area contributed by atoms with Crippen LogP contribution in [-0.2, 0) is 4.79 Å². The average molecular weight is 267 g/mol. The van der Waals surface area contributed by atoms with Gasteiger partial charge >= 0.3 is 0 Å². The van der Waals surface area contributed by atoms with Crippen LogP contribution >= 0.6 is 11.6 Å². The van der Waals surface area contributed by atoms with Gasteiger partial charge in [0, 0.05) is 12.1 Å². The summed E-state index contributed by atoms with van der Waals surface area (Å²) in [4.78, 5) is 14.1. The lowest BCUT2D eigenvalue weighted by atomic mass is 10.1. The van der Waals surface area contributed by atoms with Gasteiger partial charge in [-0.05, 0) is 44.0 Å². The van der Waals surface area contributed by atoms with Crippen LogP contribution in [0.15, 0.2) is 24.3 Å². The molecule has 2 unspecified atom stereocenters. The number of rotatable bonds is 3. The van der Waals surface area contributed by atoms with Gasteiger partial charge in [-0.25, -0.2) is 0 Å². The van der Waals surface area contributed by atoms with Crippen molar-refractivity contribution >= 4 is 17.5 Å². The summed E-state index contributed by atoms with van der Waals surface area (Å²) in [5, 5.41) is 3.95. The highest BCUT2D eigenvalue weighted by Crippen LogP contribution is 2.23. The lowest BCUT2D eigenvalue weighted by molar-refractivity contribution is -0.133. The summed E-state index contributed by atoms with van der Waals surface area (Å²) in [5.41, 5.74) is 1.07. The van der Waals surface area contributed by atoms with Crippen molar-refractivity contribution in [2.24, 2.45) is 0 Å². The van der Waals surface area contributed by atoms with E-state index in [-0.39, 0.29) is 18.0 Å². The zero-order chi connectivity index (χ0) is 13.1. The van der Waals surface area contributed by atoms with Crippen LogP contribution in [0.2, 0.25) is 5.02 Å². The molecule has 3 nitrogen and oxygen atoms in total. The highest BCUT2D eigenvalue weighted by Gasteiger charge is 2.27. The van der Waals surface area contributed by atoms with Crippen LogP contribution in [0, 0.1) is 0 Å². The van der Waals surface area contributed by atoms with Crippen molar-refractivity contribution < 1.29 is 4.79 Å². The molecule has 2 rings (SSSR count). The van der Waals surface area contributed by atoms with Gasteiger partial charge in [0.2, 0.25) is 5.91 Å². The quantitative estimate of drug-likeness (QED) is 0.912. The summed E-state index contributed by atoms with van der Waals surface area (Å²) in [7, 11) is 1.86. The van der Waals surface area contributed by atoms with Gasteiger partial charge in [-0.15, -0.1) is 0 Å². The Morgan fingerprint density at radius 1 is 1.56 bits per heavy atom. The number of hydrogen-bond acceptors (Lipinski definition) is 2. The van der Waals surface area contributed by atoms with Crippen LogP contribution in [0.5, 0.6) is 0 Å². The number of benzene rings is 1. The molecule has 1 aromatic rings. The van der Waals surface area contributed by atoms with Crippen LogP contribution in [0.25, 0.3) is 0 Å². The van der Waals surface area contributed by atoms with E-state index < -0.39 is 0 Å². The normalized spacial score (nSPS) is 20.7. The molecule has 1 heterocycles. The molecule has 1 N–H and O–H groups in total. The highest BCUT2D eigenvalue weighted by atomic mass is 35.5. The van der Waals surface area contributed by atoms with Gasteiger partial charge in [0.1, 0.15) is 0 Å². The second-order valence-electron chi connectivity index (χ2n) is 4.83. The lowest BCUT2D eigenvalue weighted by Gasteiger charge is -2.28. The molecule has 4 heteroatoms.